The van der Waals surface area contributed by atoms with Crippen LogP contribution in [0, 0.1) is 5.92 Å². The lowest BCUT2D eigenvalue weighted by molar-refractivity contribution is 0.108. The Kier molecular flexibility index (Phi) is 4.26. The third-order valence-electron chi connectivity index (χ3n) is 4.36. The number of ether oxygens (including phenoxy) is 1. The first kappa shape index (κ1) is 14.2. The van der Waals surface area contributed by atoms with Gasteiger partial charge in [-0.1, -0.05) is 55.5 Å². The lowest BCUT2D eigenvalue weighted by Crippen LogP contribution is -2.43. The number of rotatable bonds is 3. The molecule has 1 fully saturated rings. The molecule has 2 aromatic carbocycles. The minimum Gasteiger partial charge on any atom is -0.488 e. The molecule has 0 saturated heterocycles. The second-order valence-corrected chi connectivity index (χ2v) is 6.10. The van der Waals surface area contributed by atoms with Gasteiger partial charge in [0.05, 0.1) is 0 Å². The van der Waals surface area contributed by atoms with Gasteiger partial charge in [-0.25, -0.2) is 0 Å². The maximum atomic E-state index is 6.30. The fourth-order valence-electron chi connectivity index (χ4n) is 3.08. The molecule has 3 rings (SSSR count). The fraction of sp³-hybridized carbons (Fsp3) is 0.368. The number of hydrogen-bond acceptors (Lipinski definition) is 2. The third kappa shape index (κ3) is 3.27. The van der Waals surface area contributed by atoms with Gasteiger partial charge in [-0.15, -0.1) is 0 Å². The van der Waals surface area contributed by atoms with Gasteiger partial charge in [0.15, 0.2) is 0 Å². The van der Waals surface area contributed by atoms with Gasteiger partial charge in [0, 0.05) is 11.6 Å². The Bertz CT molecular complexity index is 581. The molecule has 0 aromatic heterocycles. The van der Waals surface area contributed by atoms with Crippen LogP contribution in [-0.2, 0) is 0 Å². The first-order valence-electron chi connectivity index (χ1n) is 7.80. The molecule has 1 saturated carbocycles. The number of hydrogen-bond donors (Lipinski definition) is 1. The summed E-state index contributed by atoms with van der Waals surface area (Å²) in [4.78, 5) is 0. The molecule has 0 heterocycles. The molecule has 0 amide bonds. The summed E-state index contributed by atoms with van der Waals surface area (Å²) in [6, 6.07) is 18.8. The molecule has 3 unspecified atom stereocenters. The molecule has 0 bridgehead atoms. The Morgan fingerprint density at radius 2 is 1.67 bits per heavy atom. The van der Waals surface area contributed by atoms with Crippen LogP contribution in [-0.4, -0.2) is 12.1 Å². The van der Waals surface area contributed by atoms with Gasteiger partial charge in [-0.05, 0) is 36.8 Å². The molecule has 0 radical (unpaired) electrons. The average molecular weight is 281 g/mol. The van der Waals surface area contributed by atoms with Crippen molar-refractivity contribution in [1.29, 1.82) is 0 Å². The van der Waals surface area contributed by atoms with E-state index in [0.717, 1.165) is 24.2 Å². The normalized spacial score (nSPS) is 25.5. The van der Waals surface area contributed by atoms with Crippen molar-refractivity contribution in [2.24, 2.45) is 11.7 Å². The van der Waals surface area contributed by atoms with Gasteiger partial charge >= 0.3 is 0 Å². The van der Waals surface area contributed by atoms with Gasteiger partial charge < -0.3 is 10.5 Å². The van der Waals surface area contributed by atoms with Gasteiger partial charge in [0.25, 0.3) is 0 Å². The summed E-state index contributed by atoms with van der Waals surface area (Å²) in [5.74, 6) is 1.64. The van der Waals surface area contributed by atoms with Crippen LogP contribution in [0.2, 0.25) is 0 Å². The molecule has 1 aliphatic carbocycles. The van der Waals surface area contributed by atoms with E-state index in [-0.39, 0.29) is 12.1 Å². The molecule has 110 valence electrons. The Morgan fingerprint density at radius 3 is 2.48 bits per heavy atom. The van der Waals surface area contributed by atoms with E-state index in [0.29, 0.717) is 5.92 Å². The molecule has 2 aromatic rings. The summed E-state index contributed by atoms with van der Waals surface area (Å²) in [5.41, 5.74) is 8.58. The van der Waals surface area contributed by atoms with Crippen molar-refractivity contribution < 1.29 is 4.74 Å². The lowest BCUT2D eigenvalue weighted by Gasteiger charge is -2.33. The Labute approximate surface area is 126 Å². The van der Waals surface area contributed by atoms with Gasteiger partial charge in [0.2, 0.25) is 0 Å². The van der Waals surface area contributed by atoms with Crippen LogP contribution in [0.3, 0.4) is 0 Å². The van der Waals surface area contributed by atoms with Crippen molar-refractivity contribution in [3.05, 3.63) is 54.6 Å². The van der Waals surface area contributed by atoms with Crippen molar-refractivity contribution in [3.63, 3.8) is 0 Å². The van der Waals surface area contributed by atoms with Crippen LogP contribution in [0.1, 0.15) is 26.2 Å². The van der Waals surface area contributed by atoms with Crippen LogP contribution < -0.4 is 10.5 Å². The third-order valence-corrected chi connectivity index (χ3v) is 4.36. The summed E-state index contributed by atoms with van der Waals surface area (Å²) < 4.78 is 6.30. The standard InChI is InChI=1S/C19H23NO/c1-14-11-12-17(20)19(13-14)21-18-10-6-5-9-16(18)15-7-3-2-4-8-15/h2-10,14,17,19H,11-13,20H2,1H3. The van der Waals surface area contributed by atoms with E-state index < -0.39 is 0 Å². The average Bonchev–Trinajstić information content (AvgIpc) is 2.52. The second-order valence-electron chi connectivity index (χ2n) is 6.10. The van der Waals surface area contributed by atoms with E-state index in [4.69, 9.17) is 10.5 Å². The largest absolute Gasteiger partial charge is 0.488 e. The molecule has 2 nitrogen and oxygen atoms in total. The molecule has 3 atom stereocenters. The quantitative estimate of drug-likeness (QED) is 0.913. The zero-order valence-corrected chi connectivity index (χ0v) is 12.5. The van der Waals surface area contributed by atoms with E-state index >= 15 is 0 Å². The highest BCUT2D eigenvalue weighted by Gasteiger charge is 2.28. The molecule has 21 heavy (non-hydrogen) atoms. The summed E-state index contributed by atoms with van der Waals surface area (Å²) in [5, 5.41) is 0. The molecular weight excluding hydrogens is 258 g/mol. The fourth-order valence-corrected chi connectivity index (χ4v) is 3.08. The maximum absolute atomic E-state index is 6.30. The summed E-state index contributed by atoms with van der Waals surface area (Å²) in [7, 11) is 0. The Morgan fingerprint density at radius 1 is 0.952 bits per heavy atom. The first-order valence-corrected chi connectivity index (χ1v) is 7.80. The van der Waals surface area contributed by atoms with Crippen molar-refractivity contribution in [1.82, 2.24) is 0 Å². The predicted octanol–water partition coefficient (Wildman–Crippen LogP) is 4.25. The van der Waals surface area contributed by atoms with Gasteiger partial charge in [-0.2, -0.15) is 0 Å². The van der Waals surface area contributed by atoms with Crippen molar-refractivity contribution in [2.45, 2.75) is 38.3 Å². The number of nitrogens with two attached hydrogens (primary N) is 1. The first-order chi connectivity index (χ1) is 10.2. The second kappa shape index (κ2) is 6.31. The zero-order chi connectivity index (χ0) is 14.7. The van der Waals surface area contributed by atoms with Crippen molar-refractivity contribution in [3.8, 4) is 16.9 Å². The van der Waals surface area contributed by atoms with Crippen molar-refractivity contribution >= 4 is 0 Å². The molecule has 0 spiro atoms. The van der Waals surface area contributed by atoms with Gasteiger partial charge in [-0.3, -0.25) is 0 Å². The highest BCUT2D eigenvalue weighted by molar-refractivity contribution is 5.70. The molecule has 2 heteroatoms. The Hall–Kier alpha value is -1.80. The monoisotopic (exact) mass is 281 g/mol. The van der Waals surface area contributed by atoms with Crippen LogP contribution in [0.25, 0.3) is 11.1 Å². The molecular formula is C19H23NO. The number of benzene rings is 2. The topological polar surface area (TPSA) is 35.2 Å². The van der Waals surface area contributed by atoms with Crippen LogP contribution >= 0.6 is 0 Å². The molecule has 2 N–H and O–H groups in total. The van der Waals surface area contributed by atoms with Crippen LogP contribution in [0.4, 0.5) is 0 Å². The zero-order valence-electron chi connectivity index (χ0n) is 12.5. The van der Waals surface area contributed by atoms with E-state index in [1.54, 1.807) is 0 Å². The SMILES string of the molecule is CC1CCC(N)C(Oc2ccccc2-c2ccccc2)C1. The van der Waals surface area contributed by atoms with E-state index in [9.17, 15) is 0 Å². The lowest BCUT2D eigenvalue weighted by atomic mass is 9.85. The highest BCUT2D eigenvalue weighted by Crippen LogP contribution is 2.33. The smallest absolute Gasteiger partial charge is 0.127 e. The minimum atomic E-state index is 0.124. The highest BCUT2D eigenvalue weighted by atomic mass is 16.5. The maximum Gasteiger partial charge on any atom is 0.127 e. The van der Waals surface area contributed by atoms with Crippen molar-refractivity contribution in [2.75, 3.05) is 0 Å². The van der Waals surface area contributed by atoms with Crippen LogP contribution in [0.5, 0.6) is 5.75 Å². The molecule has 1 aliphatic rings. The summed E-state index contributed by atoms with van der Waals surface area (Å²) >= 11 is 0. The number of para-hydroxylation sites is 1. The van der Waals surface area contributed by atoms with E-state index in [2.05, 4.69) is 43.3 Å². The Balaban J connectivity index is 1.86. The van der Waals surface area contributed by atoms with Gasteiger partial charge in [0.1, 0.15) is 11.9 Å². The minimum absolute atomic E-state index is 0.124. The molecule has 0 aliphatic heterocycles. The predicted molar refractivity (Wildman–Crippen MR) is 87.3 cm³/mol. The van der Waals surface area contributed by atoms with E-state index in [1.807, 2.05) is 18.2 Å². The van der Waals surface area contributed by atoms with Crippen LogP contribution in [0.15, 0.2) is 54.6 Å². The summed E-state index contributed by atoms with van der Waals surface area (Å²) in [6.07, 6.45) is 3.43. The van der Waals surface area contributed by atoms with E-state index in [1.165, 1.54) is 12.0 Å². The summed E-state index contributed by atoms with van der Waals surface area (Å²) in [6.45, 7) is 2.28.